The second-order valence-electron chi connectivity index (χ2n) is 6.04. The van der Waals surface area contributed by atoms with Gasteiger partial charge in [0.25, 0.3) is 0 Å². The van der Waals surface area contributed by atoms with Crippen LogP contribution in [0.4, 0.5) is 0 Å². The number of amidine groups is 1. The Labute approximate surface area is 180 Å². The molecule has 26 heavy (non-hydrogen) atoms. The average Bonchev–Trinajstić information content (AvgIpc) is 2.47. The SMILES string of the molecule is C[CH-]C.[CH2-][C@@H](O)[C@@H](C)[C@@H]1OC(C(=O)O)=C[C@H](CC(=N)N)[C@H]1NC(C)=O.[Y]. The van der Waals surface area contributed by atoms with E-state index in [0.29, 0.717) is 0 Å². The second-order valence-corrected chi connectivity index (χ2v) is 6.04. The van der Waals surface area contributed by atoms with E-state index in [1.807, 2.05) is 20.3 Å². The Hall–Kier alpha value is -0.986. The van der Waals surface area contributed by atoms with E-state index in [0.717, 1.165) is 0 Å². The summed E-state index contributed by atoms with van der Waals surface area (Å²) in [5.74, 6) is -3.06. The van der Waals surface area contributed by atoms with Crippen LogP contribution in [0.1, 0.15) is 34.1 Å². The predicted octanol–water partition coefficient (Wildman–Crippen LogP) is 0.860. The summed E-state index contributed by atoms with van der Waals surface area (Å²) in [6, 6.07) is -0.615. The number of aliphatic hydroxyl groups excluding tert-OH is 1. The molecule has 1 aliphatic heterocycles. The summed E-state index contributed by atoms with van der Waals surface area (Å²) in [7, 11) is 0. The Balaban J connectivity index is 0. The number of carboxylic acid groups (broad SMARTS) is 1. The van der Waals surface area contributed by atoms with Gasteiger partial charge in [-0.3, -0.25) is 10.2 Å². The van der Waals surface area contributed by atoms with E-state index in [2.05, 4.69) is 12.2 Å². The Morgan fingerprint density at radius 3 is 2.35 bits per heavy atom. The molecule has 0 unspecified atom stereocenters. The molecule has 0 aromatic carbocycles. The summed E-state index contributed by atoms with van der Waals surface area (Å²) in [5, 5.41) is 28.9. The Morgan fingerprint density at radius 1 is 1.50 bits per heavy atom. The molecule has 0 saturated heterocycles. The maximum Gasteiger partial charge on any atom is 0.370 e. The zero-order valence-corrected chi connectivity index (χ0v) is 18.6. The molecular weight excluding hydrogens is 415 g/mol. The molecule has 9 heteroatoms. The number of ether oxygens (including phenoxy) is 1. The molecule has 1 heterocycles. The smallest absolute Gasteiger partial charge is 0.370 e. The molecule has 8 nitrogen and oxygen atoms in total. The van der Waals surface area contributed by atoms with E-state index in [1.165, 1.54) is 13.0 Å². The van der Waals surface area contributed by atoms with Gasteiger partial charge in [0, 0.05) is 52.0 Å². The van der Waals surface area contributed by atoms with Crippen molar-refractivity contribution in [2.75, 3.05) is 0 Å². The molecule has 1 radical (unpaired) electrons. The van der Waals surface area contributed by atoms with Crippen LogP contribution in [0.15, 0.2) is 11.8 Å². The number of carbonyl (C=O) groups is 2. The normalized spacial score (nSPS) is 23.6. The summed E-state index contributed by atoms with van der Waals surface area (Å²) in [4.78, 5) is 22.6. The molecule has 0 aliphatic carbocycles. The van der Waals surface area contributed by atoms with Gasteiger partial charge < -0.3 is 39.3 Å². The van der Waals surface area contributed by atoms with Crippen LogP contribution in [0, 0.1) is 30.6 Å². The molecular formula is C17H29N3O5Y-2. The van der Waals surface area contributed by atoms with Crippen LogP contribution in [-0.4, -0.2) is 46.2 Å². The van der Waals surface area contributed by atoms with Crippen LogP contribution in [0.3, 0.4) is 0 Å². The number of carbonyl (C=O) groups excluding carboxylic acids is 1. The number of nitrogens with two attached hydrogens (primary N) is 1. The van der Waals surface area contributed by atoms with Crippen LogP contribution in [0.25, 0.3) is 0 Å². The number of nitrogens with one attached hydrogen (secondary N) is 2. The van der Waals surface area contributed by atoms with Crippen molar-refractivity contribution in [2.24, 2.45) is 17.6 Å². The first-order valence-corrected chi connectivity index (χ1v) is 8.01. The van der Waals surface area contributed by atoms with E-state index in [4.69, 9.17) is 21.0 Å². The standard InChI is InChI=1S/C14H22N3O5.C3H7.Y/c1-6(7(2)18)13-12(17-8(3)19)9(5-11(15)16)4-10(22-13)14(20)21;1-3-2;/h4,6-7,9,12-13,18H,2,5H2,1,3H3,(H3,15,16)(H,17,19)(H,20,21);3H,1-2H3;/q2*-1;/t6-,7-,9-,12-,13+;;/m1../s1. The predicted molar refractivity (Wildman–Crippen MR) is 94.4 cm³/mol. The van der Waals surface area contributed by atoms with E-state index >= 15 is 0 Å². The number of hydrogen-bond donors (Lipinski definition) is 5. The topological polar surface area (TPSA) is 146 Å². The van der Waals surface area contributed by atoms with Crippen molar-refractivity contribution in [3.8, 4) is 0 Å². The van der Waals surface area contributed by atoms with Gasteiger partial charge in [0.05, 0.1) is 11.9 Å². The van der Waals surface area contributed by atoms with Gasteiger partial charge in [-0.05, 0) is 12.0 Å². The third-order valence-corrected chi connectivity index (χ3v) is 3.61. The van der Waals surface area contributed by atoms with Crippen molar-refractivity contribution >= 4 is 17.7 Å². The molecule has 6 N–H and O–H groups in total. The molecule has 1 amide bonds. The zero-order valence-electron chi connectivity index (χ0n) is 15.7. The molecule has 0 aromatic heterocycles. The largest absolute Gasteiger partial charge is 0.481 e. The van der Waals surface area contributed by atoms with Crippen molar-refractivity contribution in [3.05, 3.63) is 25.2 Å². The molecule has 0 bridgehead atoms. The first-order chi connectivity index (χ1) is 11.5. The van der Waals surface area contributed by atoms with Crippen LogP contribution in [0.2, 0.25) is 0 Å². The molecule has 0 saturated carbocycles. The Kier molecular flexibility index (Phi) is 13.9. The maximum absolute atomic E-state index is 11.4. The summed E-state index contributed by atoms with van der Waals surface area (Å²) < 4.78 is 5.43. The zero-order chi connectivity index (χ0) is 19.7. The van der Waals surface area contributed by atoms with Crippen molar-refractivity contribution in [1.82, 2.24) is 5.32 Å². The number of aliphatic hydroxyl groups is 1. The fourth-order valence-electron chi connectivity index (χ4n) is 2.44. The third kappa shape index (κ3) is 9.10. The minimum atomic E-state index is -1.26. The van der Waals surface area contributed by atoms with E-state index in [9.17, 15) is 14.7 Å². The van der Waals surface area contributed by atoms with Crippen LogP contribution in [0.5, 0.6) is 0 Å². The Morgan fingerprint density at radius 2 is 2.00 bits per heavy atom. The summed E-state index contributed by atoms with van der Waals surface area (Å²) >= 11 is 0. The fraction of sp³-hybridized carbons (Fsp3) is 0.588. The number of hydrogen-bond acceptors (Lipinski definition) is 5. The van der Waals surface area contributed by atoms with Crippen molar-refractivity contribution in [3.63, 3.8) is 0 Å². The minimum absolute atomic E-state index is 0. The van der Waals surface area contributed by atoms with Crippen molar-refractivity contribution in [2.45, 2.75) is 52.4 Å². The summed E-state index contributed by atoms with van der Waals surface area (Å²) in [6.07, 6.45) is 1.61. The second kappa shape index (κ2) is 13.2. The van der Waals surface area contributed by atoms with Gasteiger partial charge in [-0.15, -0.1) is 0 Å². The quantitative estimate of drug-likeness (QED) is 0.233. The summed E-state index contributed by atoms with van der Waals surface area (Å²) in [5.41, 5.74) is 5.41. The van der Waals surface area contributed by atoms with Crippen molar-refractivity contribution in [1.29, 1.82) is 5.41 Å². The van der Waals surface area contributed by atoms with Gasteiger partial charge in [0.2, 0.25) is 11.7 Å². The molecule has 0 aromatic rings. The van der Waals surface area contributed by atoms with Crippen LogP contribution in [-0.2, 0) is 47.0 Å². The van der Waals surface area contributed by atoms with Gasteiger partial charge in [-0.25, -0.2) is 4.79 Å². The average molecular weight is 444 g/mol. The van der Waals surface area contributed by atoms with Crippen molar-refractivity contribution < 1.29 is 57.2 Å². The molecule has 0 fully saturated rings. The number of rotatable bonds is 6. The number of aliphatic carboxylic acids is 1. The maximum atomic E-state index is 11.4. The first kappa shape index (κ1) is 27.2. The van der Waals surface area contributed by atoms with Gasteiger partial charge >= 0.3 is 5.97 Å². The van der Waals surface area contributed by atoms with Gasteiger partial charge in [0.1, 0.15) is 6.10 Å². The van der Waals surface area contributed by atoms with E-state index in [-0.39, 0.29) is 56.6 Å². The Bertz CT molecular complexity index is 511. The van der Waals surface area contributed by atoms with Crippen LogP contribution < -0.4 is 11.1 Å². The third-order valence-electron chi connectivity index (χ3n) is 3.61. The monoisotopic (exact) mass is 444 g/mol. The molecule has 1 rings (SSSR count). The van der Waals surface area contributed by atoms with E-state index < -0.39 is 36.1 Å². The molecule has 147 valence electrons. The molecule has 5 atom stereocenters. The first-order valence-electron chi connectivity index (χ1n) is 8.01. The fourth-order valence-corrected chi connectivity index (χ4v) is 2.44. The van der Waals surface area contributed by atoms with Gasteiger partial charge in [-0.2, -0.15) is 13.8 Å². The molecule has 0 spiro atoms. The number of carboxylic acids is 1. The summed E-state index contributed by atoms with van der Waals surface area (Å²) in [6.45, 7) is 10.5. The van der Waals surface area contributed by atoms with Gasteiger partial charge in [-0.1, -0.05) is 13.0 Å². The minimum Gasteiger partial charge on any atom is -0.481 e. The van der Waals surface area contributed by atoms with E-state index in [1.54, 1.807) is 6.92 Å². The van der Waals surface area contributed by atoms with Crippen LogP contribution >= 0.6 is 0 Å². The number of amides is 1. The molecule has 1 aliphatic rings. The van der Waals surface area contributed by atoms with Gasteiger partial charge in [0.15, 0.2) is 0 Å².